The molecule has 2 aromatic rings. The van der Waals surface area contributed by atoms with E-state index >= 15 is 0 Å². The number of aromatic nitrogens is 2. The fraction of sp³-hybridized carbons (Fsp3) is 0.462. The lowest BCUT2D eigenvalue weighted by atomic mass is 10.2. The van der Waals surface area contributed by atoms with Gasteiger partial charge in [-0.05, 0) is 31.5 Å². The number of nitrogens with zero attached hydrogens (tertiary/aromatic N) is 2. The summed E-state index contributed by atoms with van der Waals surface area (Å²) in [6, 6.07) is 8.80. The molecule has 0 fully saturated rings. The van der Waals surface area contributed by atoms with Crippen molar-refractivity contribution in [2.24, 2.45) is 0 Å². The number of pyridine rings is 1. The molecule has 0 aliphatic carbocycles. The molecule has 1 atom stereocenters. The average molecular weight is 219 g/mol. The smallest absolute Gasteiger partial charge is 0.0773 e. The van der Waals surface area contributed by atoms with Gasteiger partial charge >= 0.3 is 0 Å². The van der Waals surface area contributed by atoms with E-state index in [-0.39, 0.29) is 1.43 Å². The Morgan fingerprint density at radius 3 is 3.12 bits per heavy atom. The summed E-state index contributed by atoms with van der Waals surface area (Å²) in [5.41, 5.74) is 2.26. The molecular formula is C13H21N3. The Morgan fingerprint density at radius 2 is 2.38 bits per heavy atom. The molecule has 2 aromatic heterocycles. The van der Waals surface area contributed by atoms with Gasteiger partial charge in [0.05, 0.1) is 11.2 Å². The first-order valence-electron chi connectivity index (χ1n) is 5.96. The Bertz CT molecular complexity index is 420. The molecule has 0 bridgehead atoms. The maximum Gasteiger partial charge on any atom is 0.0773 e. The van der Waals surface area contributed by atoms with E-state index in [0.29, 0.717) is 6.04 Å². The summed E-state index contributed by atoms with van der Waals surface area (Å²) in [4.78, 5) is 0. The number of nitrogens with one attached hydrogen (secondary N) is 1. The lowest BCUT2D eigenvalue weighted by Crippen LogP contribution is -2.25. The summed E-state index contributed by atoms with van der Waals surface area (Å²) in [5.74, 6) is 0. The second-order valence-corrected chi connectivity index (χ2v) is 4.28. The van der Waals surface area contributed by atoms with Crippen molar-refractivity contribution in [1.82, 2.24) is 14.9 Å². The highest BCUT2D eigenvalue weighted by atomic mass is 15.2. The first-order chi connectivity index (χ1) is 7.79. The van der Waals surface area contributed by atoms with Crippen LogP contribution < -0.4 is 5.32 Å². The van der Waals surface area contributed by atoms with Gasteiger partial charge in [-0.25, -0.2) is 4.52 Å². The minimum Gasteiger partial charge on any atom is -0.309 e. The monoisotopic (exact) mass is 219 g/mol. The van der Waals surface area contributed by atoms with Gasteiger partial charge in [-0.15, -0.1) is 0 Å². The largest absolute Gasteiger partial charge is 0.309 e. The third-order valence-corrected chi connectivity index (χ3v) is 2.77. The molecule has 88 valence electrons. The highest BCUT2D eigenvalue weighted by Crippen LogP contribution is 2.06. The number of fused-ring (bicyclic) bond motifs is 1. The third-order valence-electron chi connectivity index (χ3n) is 2.77. The molecule has 0 spiro atoms. The molecule has 2 heterocycles. The van der Waals surface area contributed by atoms with Crippen LogP contribution in [-0.4, -0.2) is 15.7 Å². The highest BCUT2D eigenvalue weighted by molar-refractivity contribution is 5.46. The van der Waals surface area contributed by atoms with E-state index in [1.807, 2.05) is 22.8 Å². The van der Waals surface area contributed by atoms with Crippen molar-refractivity contribution in [3.63, 3.8) is 0 Å². The molecule has 0 saturated heterocycles. The van der Waals surface area contributed by atoms with Gasteiger partial charge < -0.3 is 5.32 Å². The predicted molar refractivity (Wildman–Crippen MR) is 68.5 cm³/mol. The fourth-order valence-corrected chi connectivity index (χ4v) is 1.89. The van der Waals surface area contributed by atoms with Crippen LogP contribution in [0, 0.1) is 0 Å². The van der Waals surface area contributed by atoms with Crippen LogP contribution in [0.3, 0.4) is 0 Å². The number of rotatable bonds is 5. The molecule has 0 radical (unpaired) electrons. The van der Waals surface area contributed by atoms with Gasteiger partial charge in [-0.2, -0.15) is 5.10 Å². The number of hydrogen-bond acceptors (Lipinski definition) is 2. The van der Waals surface area contributed by atoms with Crippen LogP contribution in [0.1, 0.15) is 33.8 Å². The van der Waals surface area contributed by atoms with E-state index in [0.717, 1.165) is 17.8 Å². The Morgan fingerprint density at radius 1 is 1.50 bits per heavy atom. The average Bonchev–Trinajstić information content (AvgIpc) is 2.69. The molecule has 0 aromatic carbocycles. The van der Waals surface area contributed by atoms with Crippen molar-refractivity contribution in [1.29, 1.82) is 0 Å². The van der Waals surface area contributed by atoms with Crippen LogP contribution in [0.4, 0.5) is 0 Å². The van der Waals surface area contributed by atoms with Crippen molar-refractivity contribution in [3.8, 4) is 0 Å². The van der Waals surface area contributed by atoms with Crippen molar-refractivity contribution in [2.75, 3.05) is 0 Å². The van der Waals surface area contributed by atoms with Crippen LogP contribution in [0.2, 0.25) is 0 Å². The Labute approximate surface area is 98.0 Å². The van der Waals surface area contributed by atoms with E-state index in [9.17, 15) is 0 Å². The lowest BCUT2D eigenvalue weighted by Gasteiger charge is -2.10. The van der Waals surface area contributed by atoms with Gasteiger partial charge in [0.1, 0.15) is 0 Å². The summed E-state index contributed by atoms with van der Waals surface area (Å²) in [5, 5.41) is 7.98. The van der Waals surface area contributed by atoms with Gasteiger partial charge in [0, 0.05) is 20.2 Å². The first kappa shape index (κ1) is 11.1. The molecule has 3 nitrogen and oxygen atoms in total. The normalized spacial score (nSPS) is 13.1. The van der Waals surface area contributed by atoms with Crippen LogP contribution in [0.5, 0.6) is 0 Å². The molecule has 0 amide bonds. The van der Waals surface area contributed by atoms with Gasteiger partial charge in [-0.3, -0.25) is 0 Å². The fourth-order valence-electron chi connectivity index (χ4n) is 1.89. The van der Waals surface area contributed by atoms with Gasteiger partial charge in [-0.1, -0.05) is 19.4 Å². The maximum atomic E-state index is 4.50. The zero-order valence-electron chi connectivity index (χ0n) is 9.98. The zero-order valence-corrected chi connectivity index (χ0v) is 9.98. The summed E-state index contributed by atoms with van der Waals surface area (Å²) in [7, 11) is 0. The van der Waals surface area contributed by atoms with Crippen LogP contribution >= 0.6 is 0 Å². The van der Waals surface area contributed by atoms with Crippen molar-refractivity contribution >= 4 is 5.52 Å². The molecular weight excluding hydrogens is 198 g/mol. The summed E-state index contributed by atoms with van der Waals surface area (Å²) >= 11 is 0. The first-order valence-corrected chi connectivity index (χ1v) is 5.96. The maximum absolute atomic E-state index is 4.50. The predicted octanol–water partition coefficient (Wildman–Crippen LogP) is 2.86. The summed E-state index contributed by atoms with van der Waals surface area (Å²) < 4.78 is 1.92. The molecule has 2 rings (SSSR count). The molecule has 3 heteroatoms. The second kappa shape index (κ2) is 5.12. The zero-order chi connectivity index (χ0) is 11.4. The molecule has 1 N–H and O–H groups in total. The Kier molecular flexibility index (Phi) is 3.57. The van der Waals surface area contributed by atoms with E-state index in [4.69, 9.17) is 0 Å². The second-order valence-electron chi connectivity index (χ2n) is 4.28. The highest BCUT2D eigenvalue weighted by Gasteiger charge is 2.03. The van der Waals surface area contributed by atoms with Crippen molar-refractivity contribution < 1.29 is 1.43 Å². The minimum absolute atomic E-state index is 0. The van der Waals surface area contributed by atoms with Gasteiger partial charge in [0.25, 0.3) is 0 Å². The van der Waals surface area contributed by atoms with Crippen LogP contribution in [-0.2, 0) is 6.54 Å². The van der Waals surface area contributed by atoms with Crippen molar-refractivity contribution in [2.45, 2.75) is 39.3 Å². The third kappa shape index (κ3) is 2.61. The SMILES string of the molecule is CCCC(C)NCc1cc2ccccn2n1.[HH]. The van der Waals surface area contributed by atoms with E-state index < -0.39 is 0 Å². The van der Waals surface area contributed by atoms with Crippen LogP contribution in [0.25, 0.3) is 5.52 Å². The van der Waals surface area contributed by atoms with E-state index in [1.165, 1.54) is 12.8 Å². The standard InChI is InChI=1S/C13H19N3.H2/c1-3-6-11(2)14-10-12-9-13-7-4-5-8-16(13)15-12;/h4-5,7-9,11,14H,3,6,10H2,1-2H3;1H. The van der Waals surface area contributed by atoms with E-state index in [2.05, 4.69) is 36.4 Å². The molecule has 0 aliphatic heterocycles. The Balaban J connectivity index is 0.00000144. The van der Waals surface area contributed by atoms with E-state index in [1.54, 1.807) is 0 Å². The van der Waals surface area contributed by atoms with Gasteiger partial charge in [0.15, 0.2) is 0 Å². The number of hydrogen-bond donors (Lipinski definition) is 1. The quantitative estimate of drug-likeness (QED) is 0.838. The Hall–Kier alpha value is -1.35. The lowest BCUT2D eigenvalue weighted by molar-refractivity contribution is 0.503. The molecule has 16 heavy (non-hydrogen) atoms. The van der Waals surface area contributed by atoms with Gasteiger partial charge in [0.2, 0.25) is 0 Å². The molecule has 0 aliphatic rings. The molecule has 0 saturated carbocycles. The van der Waals surface area contributed by atoms with Crippen LogP contribution in [0.15, 0.2) is 30.5 Å². The van der Waals surface area contributed by atoms with Crippen molar-refractivity contribution in [3.05, 3.63) is 36.2 Å². The topological polar surface area (TPSA) is 29.3 Å². The minimum atomic E-state index is 0. The molecule has 1 unspecified atom stereocenters. The summed E-state index contributed by atoms with van der Waals surface area (Å²) in [6.45, 7) is 5.28. The summed E-state index contributed by atoms with van der Waals surface area (Å²) in [6.07, 6.45) is 4.42.